The van der Waals surface area contributed by atoms with E-state index in [4.69, 9.17) is 16.3 Å². The molecule has 108 valence electrons. The minimum absolute atomic E-state index is 0.296. The van der Waals surface area contributed by atoms with Crippen molar-refractivity contribution in [2.24, 2.45) is 0 Å². The molecular weight excluding hydrogens is 358 g/mol. The van der Waals surface area contributed by atoms with Gasteiger partial charge in [-0.05, 0) is 46.7 Å². The number of thiophene rings is 1. The van der Waals surface area contributed by atoms with Crippen molar-refractivity contribution in [1.82, 2.24) is 5.32 Å². The summed E-state index contributed by atoms with van der Waals surface area (Å²) in [6.45, 7) is 3.66. The summed E-state index contributed by atoms with van der Waals surface area (Å²) < 4.78 is 6.97. The molecule has 0 aliphatic rings. The maximum absolute atomic E-state index is 5.95. The summed E-state index contributed by atoms with van der Waals surface area (Å²) in [5.41, 5.74) is 0. The fraction of sp³-hybridized carbons (Fsp3) is 0.333. The SMILES string of the molecule is CCNC(COc1cccc(Cl)c1)Cc1cc(Br)cs1. The zero-order valence-electron chi connectivity index (χ0n) is 11.2. The van der Waals surface area contributed by atoms with Crippen molar-refractivity contribution in [1.29, 1.82) is 0 Å². The molecule has 1 aromatic carbocycles. The lowest BCUT2D eigenvalue weighted by Crippen LogP contribution is -2.36. The third kappa shape index (κ3) is 5.09. The summed E-state index contributed by atoms with van der Waals surface area (Å²) >= 11 is 11.2. The lowest BCUT2D eigenvalue weighted by atomic mass is 10.2. The highest BCUT2D eigenvalue weighted by Gasteiger charge is 2.11. The molecule has 2 rings (SSSR count). The molecule has 0 fully saturated rings. The number of benzene rings is 1. The van der Waals surface area contributed by atoms with Crippen LogP contribution in [0.15, 0.2) is 40.2 Å². The zero-order chi connectivity index (χ0) is 14.4. The lowest BCUT2D eigenvalue weighted by molar-refractivity contribution is 0.265. The molecule has 1 heterocycles. The molecule has 0 radical (unpaired) electrons. The van der Waals surface area contributed by atoms with Gasteiger partial charge in [0.05, 0.1) is 0 Å². The maximum Gasteiger partial charge on any atom is 0.120 e. The number of likely N-dealkylation sites (N-methyl/N-ethyl adjacent to an activating group) is 1. The van der Waals surface area contributed by atoms with Crippen LogP contribution >= 0.6 is 38.9 Å². The van der Waals surface area contributed by atoms with Gasteiger partial charge in [0.2, 0.25) is 0 Å². The van der Waals surface area contributed by atoms with Crippen molar-refractivity contribution >= 4 is 38.9 Å². The predicted octanol–water partition coefficient (Wildman–Crippen LogP) is 4.76. The van der Waals surface area contributed by atoms with E-state index in [9.17, 15) is 0 Å². The Hall–Kier alpha value is -0.550. The van der Waals surface area contributed by atoms with Gasteiger partial charge in [0.25, 0.3) is 0 Å². The van der Waals surface area contributed by atoms with Gasteiger partial charge in [-0.2, -0.15) is 0 Å². The molecule has 0 saturated carbocycles. The van der Waals surface area contributed by atoms with Crippen LogP contribution in [0.1, 0.15) is 11.8 Å². The highest BCUT2D eigenvalue weighted by atomic mass is 79.9. The molecular formula is C15H17BrClNOS. The summed E-state index contributed by atoms with van der Waals surface area (Å²) in [5, 5.41) is 6.26. The van der Waals surface area contributed by atoms with Gasteiger partial charge in [0.15, 0.2) is 0 Å². The molecule has 1 atom stereocenters. The Balaban J connectivity index is 1.91. The smallest absolute Gasteiger partial charge is 0.120 e. The van der Waals surface area contributed by atoms with Gasteiger partial charge < -0.3 is 10.1 Å². The first-order valence-corrected chi connectivity index (χ1v) is 8.57. The van der Waals surface area contributed by atoms with Crippen molar-refractivity contribution in [3.63, 3.8) is 0 Å². The summed E-state index contributed by atoms with van der Waals surface area (Å²) in [6.07, 6.45) is 0.963. The first-order chi connectivity index (χ1) is 9.67. The van der Waals surface area contributed by atoms with Gasteiger partial charge in [-0.25, -0.2) is 0 Å². The predicted molar refractivity (Wildman–Crippen MR) is 90.1 cm³/mol. The minimum atomic E-state index is 0.296. The Labute approximate surface area is 137 Å². The molecule has 5 heteroatoms. The van der Waals surface area contributed by atoms with Crippen molar-refractivity contribution < 1.29 is 4.74 Å². The van der Waals surface area contributed by atoms with Gasteiger partial charge >= 0.3 is 0 Å². The number of ether oxygens (including phenoxy) is 1. The van der Waals surface area contributed by atoms with Crippen molar-refractivity contribution in [2.45, 2.75) is 19.4 Å². The lowest BCUT2D eigenvalue weighted by Gasteiger charge is -2.18. The minimum Gasteiger partial charge on any atom is -0.492 e. The molecule has 0 aliphatic carbocycles. The summed E-state index contributed by atoms with van der Waals surface area (Å²) in [7, 11) is 0. The number of hydrogen-bond donors (Lipinski definition) is 1. The number of rotatable bonds is 7. The number of halogens is 2. The van der Waals surface area contributed by atoms with Crippen LogP contribution in [0.3, 0.4) is 0 Å². The first-order valence-electron chi connectivity index (χ1n) is 6.52. The van der Waals surface area contributed by atoms with Gasteiger partial charge in [-0.1, -0.05) is 24.6 Å². The third-order valence-corrected chi connectivity index (χ3v) is 4.76. The van der Waals surface area contributed by atoms with Crippen LogP contribution in [0, 0.1) is 0 Å². The Bertz CT molecular complexity index is 546. The Morgan fingerprint density at radius 2 is 2.25 bits per heavy atom. The van der Waals surface area contributed by atoms with Crippen molar-refractivity contribution in [2.75, 3.05) is 13.2 Å². The molecule has 0 aliphatic heterocycles. The molecule has 2 aromatic rings. The standard InChI is InChI=1S/C15H17BrClNOS/c1-2-18-13(8-15-6-11(16)10-20-15)9-19-14-5-3-4-12(17)7-14/h3-7,10,13,18H,2,8-9H2,1H3. The van der Waals surface area contributed by atoms with Crippen LogP contribution in [-0.2, 0) is 6.42 Å². The first kappa shape index (κ1) is 15.8. The monoisotopic (exact) mass is 373 g/mol. The molecule has 1 unspecified atom stereocenters. The van der Waals surface area contributed by atoms with E-state index in [0.717, 1.165) is 23.2 Å². The van der Waals surface area contributed by atoms with Crippen LogP contribution in [0.5, 0.6) is 5.75 Å². The average molecular weight is 375 g/mol. The van der Waals surface area contributed by atoms with Crippen LogP contribution in [0.25, 0.3) is 0 Å². The van der Waals surface area contributed by atoms with Crippen LogP contribution in [0.2, 0.25) is 5.02 Å². The molecule has 0 saturated heterocycles. The fourth-order valence-corrected chi connectivity index (χ4v) is 3.65. The highest BCUT2D eigenvalue weighted by Crippen LogP contribution is 2.22. The zero-order valence-corrected chi connectivity index (χ0v) is 14.4. The Morgan fingerprint density at radius 3 is 2.90 bits per heavy atom. The van der Waals surface area contributed by atoms with Gasteiger partial charge in [0, 0.05) is 32.2 Å². The van der Waals surface area contributed by atoms with E-state index in [0.29, 0.717) is 17.7 Å². The molecule has 0 amide bonds. The van der Waals surface area contributed by atoms with Crippen LogP contribution in [-0.4, -0.2) is 19.2 Å². The van der Waals surface area contributed by atoms with Gasteiger partial charge in [0.1, 0.15) is 12.4 Å². The van der Waals surface area contributed by atoms with Crippen LogP contribution in [0.4, 0.5) is 0 Å². The third-order valence-electron chi connectivity index (χ3n) is 2.81. The summed E-state index contributed by atoms with van der Waals surface area (Å²) in [5.74, 6) is 0.813. The van der Waals surface area contributed by atoms with E-state index < -0.39 is 0 Å². The molecule has 2 nitrogen and oxygen atoms in total. The Kier molecular flexibility index (Phi) is 6.36. The number of hydrogen-bond acceptors (Lipinski definition) is 3. The summed E-state index contributed by atoms with van der Waals surface area (Å²) in [4.78, 5) is 1.34. The quantitative estimate of drug-likeness (QED) is 0.754. The molecule has 0 spiro atoms. The second kappa shape index (κ2) is 8.03. The Morgan fingerprint density at radius 1 is 1.40 bits per heavy atom. The van der Waals surface area contributed by atoms with E-state index in [2.05, 4.69) is 39.6 Å². The fourth-order valence-electron chi connectivity index (χ4n) is 1.94. The van der Waals surface area contributed by atoms with E-state index in [-0.39, 0.29) is 0 Å². The molecule has 20 heavy (non-hydrogen) atoms. The van der Waals surface area contributed by atoms with Crippen molar-refractivity contribution in [3.05, 3.63) is 50.1 Å². The maximum atomic E-state index is 5.95. The second-order valence-corrected chi connectivity index (χ2v) is 6.81. The van der Waals surface area contributed by atoms with Crippen LogP contribution < -0.4 is 10.1 Å². The van der Waals surface area contributed by atoms with E-state index in [1.54, 1.807) is 11.3 Å². The largest absolute Gasteiger partial charge is 0.492 e. The van der Waals surface area contributed by atoms with Gasteiger partial charge in [-0.3, -0.25) is 0 Å². The summed E-state index contributed by atoms with van der Waals surface area (Å²) in [6, 6.07) is 9.97. The number of nitrogens with one attached hydrogen (secondary N) is 1. The normalized spacial score (nSPS) is 12.3. The highest BCUT2D eigenvalue weighted by molar-refractivity contribution is 9.10. The van der Waals surface area contributed by atoms with E-state index in [1.165, 1.54) is 4.88 Å². The van der Waals surface area contributed by atoms with Gasteiger partial charge in [-0.15, -0.1) is 11.3 Å². The second-order valence-electron chi connectivity index (χ2n) is 4.46. The van der Waals surface area contributed by atoms with E-state index in [1.807, 2.05) is 24.3 Å². The molecule has 0 bridgehead atoms. The topological polar surface area (TPSA) is 21.3 Å². The van der Waals surface area contributed by atoms with Crippen molar-refractivity contribution in [3.8, 4) is 5.75 Å². The molecule has 1 aromatic heterocycles. The van der Waals surface area contributed by atoms with E-state index >= 15 is 0 Å². The molecule has 1 N–H and O–H groups in total. The average Bonchev–Trinajstić information content (AvgIpc) is 2.82.